The molecule has 1 amide bonds. The lowest BCUT2D eigenvalue weighted by atomic mass is 10.2. The number of amides is 1. The molecule has 1 aromatic carbocycles. The molecule has 23 heavy (non-hydrogen) atoms. The first kappa shape index (κ1) is 15.7. The average Bonchev–Trinajstić information content (AvgIpc) is 2.62. The van der Waals surface area contributed by atoms with Crippen LogP contribution in [0.5, 0.6) is 0 Å². The van der Waals surface area contributed by atoms with Crippen LogP contribution in [0.15, 0.2) is 59.2 Å². The van der Waals surface area contributed by atoms with Crippen molar-refractivity contribution >= 4 is 33.7 Å². The molecule has 0 radical (unpaired) electrons. The summed E-state index contributed by atoms with van der Waals surface area (Å²) in [5, 5.41) is 0. The molecule has 1 aromatic heterocycles. The number of halogens is 1. The fraction of sp³-hybridized carbons (Fsp3) is 0.222. The van der Waals surface area contributed by atoms with Crippen molar-refractivity contribution in [2.75, 3.05) is 31.1 Å². The molecule has 5 heteroatoms. The molecule has 2 heterocycles. The SMILES string of the molecule is O=C(/C=C/c1ccccc1Br)N1CCN(c2ccccn2)CC1. The number of carbonyl (C=O) groups excluding carboxylic acids is 1. The fourth-order valence-electron chi connectivity index (χ4n) is 2.57. The number of anilines is 1. The Morgan fingerprint density at radius 1 is 1.04 bits per heavy atom. The second-order valence-corrected chi connectivity index (χ2v) is 6.21. The Hall–Kier alpha value is -2.14. The summed E-state index contributed by atoms with van der Waals surface area (Å²) in [6.45, 7) is 3.06. The van der Waals surface area contributed by atoms with Gasteiger partial charge in [-0.2, -0.15) is 0 Å². The summed E-state index contributed by atoms with van der Waals surface area (Å²) in [6.07, 6.45) is 5.31. The highest BCUT2D eigenvalue weighted by atomic mass is 79.9. The zero-order valence-corrected chi connectivity index (χ0v) is 14.3. The normalized spacial score (nSPS) is 15.2. The molecule has 1 saturated heterocycles. The second-order valence-electron chi connectivity index (χ2n) is 5.36. The Morgan fingerprint density at radius 3 is 2.48 bits per heavy atom. The zero-order chi connectivity index (χ0) is 16.1. The molecule has 3 rings (SSSR count). The number of rotatable bonds is 3. The number of hydrogen-bond acceptors (Lipinski definition) is 3. The highest BCUT2D eigenvalue weighted by molar-refractivity contribution is 9.10. The third-order valence-electron chi connectivity index (χ3n) is 3.88. The summed E-state index contributed by atoms with van der Waals surface area (Å²) in [5.41, 5.74) is 1.01. The second kappa shape index (κ2) is 7.42. The van der Waals surface area contributed by atoms with Gasteiger partial charge in [0.15, 0.2) is 0 Å². The first-order chi connectivity index (χ1) is 11.2. The van der Waals surface area contributed by atoms with Gasteiger partial charge in [0.2, 0.25) is 5.91 Å². The molecular formula is C18H18BrN3O. The van der Waals surface area contributed by atoms with Gasteiger partial charge >= 0.3 is 0 Å². The van der Waals surface area contributed by atoms with E-state index in [1.54, 1.807) is 12.3 Å². The topological polar surface area (TPSA) is 36.4 Å². The molecule has 0 saturated carbocycles. The van der Waals surface area contributed by atoms with Crippen LogP contribution in [0.2, 0.25) is 0 Å². The van der Waals surface area contributed by atoms with Gasteiger partial charge in [0.25, 0.3) is 0 Å². The van der Waals surface area contributed by atoms with E-state index in [9.17, 15) is 4.79 Å². The van der Waals surface area contributed by atoms with Crippen molar-refractivity contribution in [3.63, 3.8) is 0 Å². The molecule has 1 aliphatic rings. The first-order valence-corrected chi connectivity index (χ1v) is 8.41. The predicted molar refractivity (Wildman–Crippen MR) is 96.2 cm³/mol. The average molecular weight is 372 g/mol. The van der Waals surface area contributed by atoms with Gasteiger partial charge in [-0.15, -0.1) is 0 Å². The number of nitrogens with zero attached hydrogens (tertiary/aromatic N) is 3. The molecule has 0 bridgehead atoms. The summed E-state index contributed by atoms with van der Waals surface area (Å²) in [7, 11) is 0. The number of hydrogen-bond donors (Lipinski definition) is 0. The summed E-state index contributed by atoms with van der Waals surface area (Å²) in [4.78, 5) is 20.8. The lowest BCUT2D eigenvalue weighted by Crippen LogP contribution is -2.48. The monoisotopic (exact) mass is 371 g/mol. The maximum Gasteiger partial charge on any atom is 0.246 e. The summed E-state index contributed by atoms with van der Waals surface area (Å²) < 4.78 is 0.990. The van der Waals surface area contributed by atoms with Crippen molar-refractivity contribution in [3.8, 4) is 0 Å². The van der Waals surface area contributed by atoms with E-state index in [0.29, 0.717) is 0 Å². The lowest BCUT2D eigenvalue weighted by molar-refractivity contribution is -0.126. The van der Waals surface area contributed by atoms with Crippen molar-refractivity contribution in [1.29, 1.82) is 0 Å². The van der Waals surface area contributed by atoms with Crippen LogP contribution in [0, 0.1) is 0 Å². The van der Waals surface area contributed by atoms with Gasteiger partial charge in [0, 0.05) is 42.9 Å². The largest absolute Gasteiger partial charge is 0.353 e. The van der Waals surface area contributed by atoms with Crippen LogP contribution in [0.25, 0.3) is 6.08 Å². The minimum atomic E-state index is 0.0569. The number of benzene rings is 1. The quantitative estimate of drug-likeness (QED) is 0.777. The van der Waals surface area contributed by atoms with Crippen molar-refractivity contribution in [3.05, 3.63) is 64.8 Å². The number of carbonyl (C=O) groups is 1. The molecule has 0 spiro atoms. The minimum absolute atomic E-state index is 0.0569. The summed E-state index contributed by atoms with van der Waals surface area (Å²) >= 11 is 3.49. The fourth-order valence-corrected chi connectivity index (χ4v) is 2.99. The predicted octanol–water partition coefficient (Wildman–Crippen LogP) is 3.21. The van der Waals surface area contributed by atoms with Gasteiger partial charge in [-0.1, -0.05) is 40.2 Å². The van der Waals surface area contributed by atoms with E-state index in [2.05, 4.69) is 25.8 Å². The van der Waals surface area contributed by atoms with Gasteiger partial charge in [-0.05, 0) is 29.8 Å². The van der Waals surface area contributed by atoms with Crippen LogP contribution in [0.3, 0.4) is 0 Å². The van der Waals surface area contributed by atoms with E-state index < -0.39 is 0 Å². The Balaban J connectivity index is 1.57. The van der Waals surface area contributed by atoms with Crippen LogP contribution < -0.4 is 4.90 Å². The molecule has 1 aliphatic heterocycles. The Morgan fingerprint density at radius 2 is 1.78 bits per heavy atom. The molecule has 118 valence electrons. The Bertz CT molecular complexity index is 694. The highest BCUT2D eigenvalue weighted by Crippen LogP contribution is 2.17. The van der Waals surface area contributed by atoms with E-state index in [1.165, 1.54) is 0 Å². The minimum Gasteiger partial charge on any atom is -0.353 e. The van der Waals surface area contributed by atoms with E-state index in [4.69, 9.17) is 0 Å². The van der Waals surface area contributed by atoms with E-state index in [1.807, 2.05) is 53.4 Å². The van der Waals surface area contributed by atoms with Crippen molar-refractivity contribution < 1.29 is 4.79 Å². The Labute approximate surface area is 144 Å². The molecule has 0 N–H and O–H groups in total. The van der Waals surface area contributed by atoms with Gasteiger partial charge < -0.3 is 9.80 Å². The Kier molecular flexibility index (Phi) is 5.08. The third-order valence-corrected chi connectivity index (χ3v) is 4.60. The molecule has 1 fully saturated rings. The van der Waals surface area contributed by atoms with Crippen LogP contribution in [-0.4, -0.2) is 42.0 Å². The van der Waals surface area contributed by atoms with Gasteiger partial charge in [-0.3, -0.25) is 4.79 Å². The van der Waals surface area contributed by atoms with E-state index in [-0.39, 0.29) is 5.91 Å². The van der Waals surface area contributed by atoms with Crippen molar-refractivity contribution in [1.82, 2.24) is 9.88 Å². The van der Waals surface area contributed by atoms with Crippen LogP contribution in [-0.2, 0) is 4.79 Å². The molecule has 2 aromatic rings. The molecular weight excluding hydrogens is 354 g/mol. The van der Waals surface area contributed by atoms with Gasteiger partial charge in [0.05, 0.1) is 0 Å². The maximum atomic E-state index is 12.3. The third kappa shape index (κ3) is 3.99. The number of pyridine rings is 1. The molecule has 0 unspecified atom stereocenters. The highest BCUT2D eigenvalue weighted by Gasteiger charge is 2.20. The summed E-state index contributed by atoms with van der Waals surface area (Å²) in [5.74, 6) is 1.03. The number of piperazine rings is 1. The van der Waals surface area contributed by atoms with Gasteiger partial charge in [-0.25, -0.2) is 4.98 Å². The van der Waals surface area contributed by atoms with Crippen LogP contribution >= 0.6 is 15.9 Å². The van der Waals surface area contributed by atoms with Crippen molar-refractivity contribution in [2.24, 2.45) is 0 Å². The standard InChI is InChI=1S/C18H18BrN3O/c19-16-6-2-1-5-15(16)8-9-18(23)22-13-11-21(12-14-22)17-7-3-4-10-20-17/h1-10H,11-14H2/b9-8+. The zero-order valence-electron chi connectivity index (χ0n) is 12.7. The number of aromatic nitrogens is 1. The van der Waals surface area contributed by atoms with Gasteiger partial charge in [0.1, 0.15) is 5.82 Å². The van der Waals surface area contributed by atoms with Crippen LogP contribution in [0.4, 0.5) is 5.82 Å². The maximum absolute atomic E-state index is 12.3. The smallest absolute Gasteiger partial charge is 0.246 e. The molecule has 4 nitrogen and oxygen atoms in total. The lowest BCUT2D eigenvalue weighted by Gasteiger charge is -2.34. The van der Waals surface area contributed by atoms with Crippen molar-refractivity contribution in [2.45, 2.75) is 0 Å². The van der Waals surface area contributed by atoms with Crippen LogP contribution in [0.1, 0.15) is 5.56 Å². The van der Waals surface area contributed by atoms with E-state index in [0.717, 1.165) is 42.0 Å². The first-order valence-electron chi connectivity index (χ1n) is 7.61. The molecule has 0 aliphatic carbocycles. The van der Waals surface area contributed by atoms with E-state index >= 15 is 0 Å². The summed E-state index contributed by atoms with van der Waals surface area (Å²) in [6, 6.07) is 13.8. The molecule has 0 atom stereocenters.